The molecule has 4 heteroatoms. The van der Waals surface area contributed by atoms with Crippen LogP contribution in [0.2, 0.25) is 0 Å². The minimum absolute atomic E-state index is 0. The molecule has 0 rings (SSSR count). The Morgan fingerprint density at radius 1 is 1.25 bits per heavy atom. The molecule has 0 atom stereocenters. The van der Waals surface area contributed by atoms with Gasteiger partial charge in [0.05, 0.1) is 0 Å². The molecule has 0 aromatic rings. The van der Waals surface area contributed by atoms with Gasteiger partial charge in [-0.05, 0) is 0 Å². The third-order valence-corrected chi connectivity index (χ3v) is 0. The third-order valence-electron chi connectivity index (χ3n) is 0. The second kappa shape index (κ2) is 8.86. The zero-order valence-electron chi connectivity index (χ0n) is 1.32. The summed E-state index contributed by atoms with van der Waals surface area (Å²) in [4.78, 5) is 0. The summed E-state index contributed by atoms with van der Waals surface area (Å²) in [5, 5.41) is 0. The van der Waals surface area contributed by atoms with E-state index >= 15 is 0 Å². The van der Waals surface area contributed by atoms with E-state index in [0.717, 1.165) is 0 Å². The monoisotopic (exact) mass is 220 g/mol. The molecule has 2 nitrogen and oxygen atoms in total. The molecule has 0 spiro atoms. The first-order chi connectivity index (χ1) is 1.41. The Balaban J connectivity index is 0. The van der Waals surface area contributed by atoms with Crippen molar-refractivity contribution in [1.82, 2.24) is 0 Å². The first kappa shape index (κ1) is 9.30. The van der Waals surface area contributed by atoms with Crippen LogP contribution >= 0.6 is 0 Å². The summed E-state index contributed by atoms with van der Waals surface area (Å²) in [6, 6.07) is 0. The fourth-order valence-electron chi connectivity index (χ4n) is 0. The van der Waals surface area contributed by atoms with Crippen molar-refractivity contribution in [2.75, 3.05) is 0 Å². The Morgan fingerprint density at radius 2 is 1.25 bits per heavy atom. The van der Waals surface area contributed by atoms with Gasteiger partial charge in [-0.1, -0.05) is 0 Å². The normalized spacial score (nSPS) is 2.00. The van der Waals surface area contributed by atoms with Crippen LogP contribution in [0.3, 0.4) is 0 Å². The Labute approximate surface area is 73.0 Å². The summed E-state index contributed by atoms with van der Waals surface area (Å²) in [6.45, 7) is 0. The van der Waals surface area contributed by atoms with Crippen LogP contribution in [-0.4, -0.2) is 48.9 Å². The van der Waals surface area contributed by atoms with Gasteiger partial charge in [0.1, 0.15) is 0 Å². The van der Waals surface area contributed by atoms with Crippen molar-refractivity contribution in [1.29, 1.82) is 0 Å². The van der Waals surface area contributed by atoms with Crippen LogP contribution in [0.25, 0.3) is 0 Å². The summed E-state index contributed by atoms with van der Waals surface area (Å²) in [6.07, 6.45) is 0. The predicted molar refractivity (Wildman–Crippen MR) is 9.92 cm³/mol. The van der Waals surface area contributed by atoms with E-state index in [4.69, 9.17) is 6.65 Å². The standard InChI is InChI=1S/Ba.2O.Ti.2H. The van der Waals surface area contributed by atoms with E-state index in [0.29, 0.717) is 0 Å². The molecule has 0 N–H and O–H groups in total. The molecule has 0 heterocycles. The number of hydrogen-bond donors (Lipinski definition) is 0. The first-order valence-electron chi connectivity index (χ1n) is 0.408. The van der Waals surface area contributed by atoms with E-state index in [2.05, 4.69) is 0 Å². The molecule has 0 fully saturated rings. The molecule has 0 aromatic carbocycles. The summed E-state index contributed by atoms with van der Waals surface area (Å²) < 4.78 is 17.0. The van der Waals surface area contributed by atoms with Gasteiger partial charge in [-0.3, -0.25) is 0 Å². The second-order valence-electron chi connectivity index (χ2n) is 0.0833. The van der Waals surface area contributed by atoms with Crippen molar-refractivity contribution in [2.45, 2.75) is 0 Å². The quantitative estimate of drug-likeness (QED) is 0.482. The molecule has 0 amide bonds. The van der Waals surface area contributed by atoms with E-state index in [9.17, 15) is 0 Å². The molecule has 0 radical (unpaired) electrons. The first-order valence-corrected chi connectivity index (χ1v) is 1.68. The predicted octanol–water partition coefficient (Wildman–Crippen LogP) is -1.16. The Morgan fingerprint density at radius 3 is 1.25 bits per heavy atom. The van der Waals surface area contributed by atoms with Crippen molar-refractivity contribution in [3.05, 3.63) is 0 Å². The van der Waals surface area contributed by atoms with Gasteiger partial charge in [0.25, 0.3) is 0 Å². The zero-order chi connectivity index (χ0) is 2.71. The number of rotatable bonds is 0. The maximum absolute atomic E-state index is 8.50. The third kappa shape index (κ3) is 9.10. The van der Waals surface area contributed by atoms with Crippen molar-refractivity contribution in [2.24, 2.45) is 0 Å². The van der Waals surface area contributed by atoms with Gasteiger partial charge < -0.3 is 0 Å². The molecule has 0 saturated heterocycles. The van der Waals surface area contributed by atoms with Gasteiger partial charge in [-0.25, -0.2) is 0 Å². The summed E-state index contributed by atoms with van der Waals surface area (Å²) in [5.74, 6) is 0. The SMILES string of the molecule is [BaH2].[O]=[Ti]=[O]. The molecule has 0 bridgehead atoms. The van der Waals surface area contributed by atoms with Gasteiger partial charge in [-0.15, -0.1) is 0 Å². The van der Waals surface area contributed by atoms with Crippen molar-refractivity contribution in [3.8, 4) is 0 Å². The molecule has 0 unspecified atom stereocenters. The van der Waals surface area contributed by atoms with Gasteiger partial charge in [0.15, 0.2) is 0 Å². The molecule has 0 saturated carbocycles. The topological polar surface area (TPSA) is 34.1 Å². The Hall–Kier alpha value is 1.89. The van der Waals surface area contributed by atoms with E-state index < -0.39 is 19.1 Å². The van der Waals surface area contributed by atoms with Crippen molar-refractivity contribution < 1.29 is 25.7 Å². The van der Waals surface area contributed by atoms with E-state index in [-0.39, 0.29) is 48.9 Å². The molecule has 0 aliphatic heterocycles. The number of hydrogen-bond acceptors (Lipinski definition) is 2. The van der Waals surface area contributed by atoms with E-state index in [1.165, 1.54) is 0 Å². The molecule has 0 aliphatic rings. The minimum atomic E-state index is -2.00. The summed E-state index contributed by atoms with van der Waals surface area (Å²) in [7, 11) is 0. The van der Waals surface area contributed by atoms with Gasteiger partial charge in [0, 0.05) is 0 Å². The fraction of sp³-hybridized carbons (Fsp3) is 0. The molecule has 0 aromatic heterocycles. The van der Waals surface area contributed by atoms with Crippen LogP contribution in [0, 0.1) is 0 Å². The van der Waals surface area contributed by atoms with Crippen LogP contribution in [0.5, 0.6) is 0 Å². The summed E-state index contributed by atoms with van der Waals surface area (Å²) in [5.41, 5.74) is 0. The Bertz CT molecular complexity index is 27.0. The van der Waals surface area contributed by atoms with Crippen molar-refractivity contribution in [3.63, 3.8) is 0 Å². The average molecular weight is 219 g/mol. The molecular weight excluding hydrogens is 217 g/mol. The van der Waals surface area contributed by atoms with Gasteiger partial charge in [0.2, 0.25) is 0 Å². The summed E-state index contributed by atoms with van der Waals surface area (Å²) >= 11 is -2.00. The van der Waals surface area contributed by atoms with E-state index in [1.807, 2.05) is 0 Å². The fourth-order valence-corrected chi connectivity index (χ4v) is 0. The van der Waals surface area contributed by atoms with Crippen LogP contribution in [-0.2, 0) is 25.7 Å². The van der Waals surface area contributed by atoms with Crippen LogP contribution in [0.4, 0.5) is 0 Å². The zero-order valence-corrected chi connectivity index (χ0v) is 2.88. The second-order valence-corrected chi connectivity index (χ2v) is 0.344. The molecular formula is H2BaO2Ti. The molecule has 20 valence electrons. The Kier molecular flexibility index (Phi) is 20.6. The van der Waals surface area contributed by atoms with Gasteiger partial charge >= 0.3 is 74.6 Å². The average Bonchev–Trinajstić information content (AvgIpc) is 0.918. The molecule has 0 aliphatic carbocycles. The van der Waals surface area contributed by atoms with Gasteiger partial charge in [-0.2, -0.15) is 0 Å². The molecule has 4 heavy (non-hydrogen) atoms. The van der Waals surface area contributed by atoms with Crippen LogP contribution < -0.4 is 0 Å². The van der Waals surface area contributed by atoms with Crippen molar-refractivity contribution >= 4 is 48.9 Å². The van der Waals surface area contributed by atoms with Crippen LogP contribution in [0.1, 0.15) is 0 Å². The van der Waals surface area contributed by atoms with E-state index in [1.54, 1.807) is 0 Å². The van der Waals surface area contributed by atoms with Crippen LogP contribution in [0.15, 0.2) is 0 Å². The maximum atomic E-state index is 8.50.